The summed E-state index contributed by atoms with van der Waals surface area (Å²) in [5, 5.41) is 1.95. The predicted octanol–water partition coefficient (Wildman–Crippen LogP) is 3.06. The highest BCUT2D eigenvalue weighted by Gasteiger charge is 2.47. The zero-order chi connectivity index (χ0) is 15.6. The third-order valence-corrected chi connectivity index (χ3v) is 6.93. The lowest BCUT2D eigenvalue weighted by Crippen LogP contribution is -2.53. The minimum absolute atomic E-state index is 0.0932. The van der Waals surface area contributed by atoms with E-state index in [0.29, 0.717) is 6.42 Å². The minimum Gasteiger partial charge on any atom is -0.342 e. The number of thiophene rings is 1. The van der Waals surface area contributed by atoms with Crippen molar-refractivity contribution in [2.75, 3.05) is 25.4 Å². The molecule has 6 heteroatoms. The van der Waals surface area contributed by atoms with Gasteiger partial charge in [-0.1, -0.05) is 13.0 Å². The van der Waals surface area contributed by atoms with E-state index in [4.69, 9.17) is 0 Å². The van der Waals surface area contributed by atoms with Crippen molar-refractivity contribution in [1.82, 2.24) is 9.80 Å². The average Bonchev–Trinajstić information content (AvgIpc) is 3.18. The molecule has 0 unspecified atom stereocenters. The zero-order valence-electron chi connectivity index (χ0n) is 12.9. The minimum atomic E-state index is -0.0932. The molecule has 3 heterocycles. The van der Waals surface area contributed by atoms with Crippen molar-refractivity contribution >= 4 is 34.9 Å². The number of amides is 2. The first kappa shape index (κ1) is 15.9. The number of hydrogen-bond donors (Lipinski definition) is 0. The lowest BCUT2D eigenvalue weighted by atomic mass is 10.0. The summed E-state index contributed by atoms with van der Waals surface area (Å²) >= 11 is 3.41. The Morgan fingerprint density at radius 2 is 2.05 bits per heavy atom. The second-order valence-corrected chi connectivity index (χ2v) is 8.26. The summed E-state index contributed by atoms with van der Waals surface area (Å²) in [6, 6.07) is 3.84. The molecule has 4 nitrogen and oxygen atoms in total. The van der Waals surface area contributed by atoms with Crippen LogP contribution in [-0.2, 0) is 4.79 Å². The highest BCUT2D eigenvalue weighted by atomic mass is 32.2. The van der Waals surface area contributed by atoms with Crippen molar-refractivity contribution < 1.29 is 9.59 Å². The molecule has 2 fully saturated rings. The zero-order valence-corrected chi connectivity index (χ0v) is 14.5. The van der Waals surface area contributed by atoms with E-state index in [1.165, 1.54) is 11.3 Å². The molecular weight excluding hydrogens is 316 g/mol. The van der Waals surface area contributed by atoms with Gasteiger partial charge in [-0.05, 0) is 30.7 Å². The van der Waals surface area contributed by atoms with Gasteiger partial charge in [-0.2, -0.15) is 0 Å². The van der Waals surface area contributed by atoms with E-state index >= 15 is 0 Å². The molecule has 0 radical (unpaired) electrons. The molecule has 1 aromatic heterocycles. The fourth-order valence-corrected chi connectivity index (χ4v) is 5.45. The summed E-state index contributed by atoms with van der Waals surface area (Å²) in [4.78, 5) is 29.6. The molecule has 1 spiro atoms. The molecule has 0 bridgehead atoms. The van der Waals surface area contributed by atoms with Gasteiger partial charge >= 0.3 is 0 Å². The Labute approximate surface area is 139 Å². The van der Waals surface area contributed by atoms with Crippen LogP contribution in [0.4, 0.5) is 0 Å². The van der Waals surface area contributed by atoms with Crippen LogP contribution in [0, 0.1) is 0 Å². The highest BCUT2D eigenvalue weighted by molar-refractivity contribution is 8.00. The Kier molecular flexibility index (Phi) is 4.78. The first-order valence-corrected chi connectivity index (χ1v) is 9.80. The van der Waals surface area contributed by atoms with Gasteiger partial charge < -0.3 is 9.80 Å². The summed E-state index contributed by atoms with van der Waals surface area (Å²) < 4.78 is 0. The van der Waals surface area contributed by atoms with Gasteiger partial charge in [0.05, 0.1) is 9.75 Å². The molecule has 2 saturated heterocycles. The first-order chi connectivity index (χ1) is 10.7. The Hall–Kier alpha value is -1.01. The lowest BCUT2D eigenvalue weighted by Gasteiger charge is -2.44. The van der Waals surface area contributed by atoms with Gasteiger partial charge in [0.15, 0.2) is 0 Å². The summed E-state index contributed by atoms with van der Waals surface area (Å²) in [6.45, 7) is 4.42. The molecule has 3 rings (SSSR count). The molecule has 2 amide bonds. The SMILES string of the molecule is CCCC(=O)N1CCC2(CC1)SCCN2C(=O)c1cccs1. The van der Waals surface area contributed by atoms with E-state index in [2.05, 4.69) is 4.90 Å². The molecule has 0 aromatic carbocycles. The Morgan fingerprint density at radius 1 is 1.27 bits per heavy atom. The Morgan fingerprint density at radius 3 is 2.68 bits per heavy atom. The average molecular weight is 338 g/mol. The van der Waals surface area contributed by atoms with E-state index in [0.717, 1.165) is 49.5 Å². The Balaban J connectivity index is 1.68. The second kappa shape index (κ2) is 6.62. The third kappa shape index (κ3) is 2.91. The van der Waals surface area contributed by atoms with Crippen LogP contribution in [0.25, 0.3) is 0 Å². The van der Waals surface area contributed by atoms with Gasteiger partial charge in [-0.15, -0.1) is 23.1 Å². The topological polar surface area (TPSA) is 40.6 Å². The van der Waals surface area contributed by atoms with E-state index in [1.807, 2.05) is 41.1 Å². The molecule has 0 N–H and O–H groups in total. The van der Waals surface area contributed by atoms with Crippen molar-refractivity contribution in [2.24, 2.45) is 0 Å². The largest absolute Gasteiger partial charge is 0.342 e. The van der Waals surface area contributed by atoms with Crippen LogP contribution in [0.1, 0.15) is 42.3 Å². The van der Waals surface area contributed by atoms with Crippen molar-refractivity contribution in [3.05, 3.63) is 22.4 Å². The molecule has 1 aromatic rings. The van der Waals surface area contributed by atoms with E-state index in [9.17, 15) is 9.59 Å². The maximum absolute atomic E-state index is 12.7. The molecule has 2 aliphatic heterocycles. The summed E-state index contributed by atoms with van der Waals surface area (Å²) in [5.41, 5.74) is 0. The quantitative estimate of drug-likeness (QED) is 0.850. The van der Waals surface area contributed by atoms with E-state index in [1.54, 1.807) is 0 Å². The van der Waals surface area contributed by atoms with Crippen LogP contribution in [0.15, 0.2) is 17.5 Å². The van der Waals surface area contributed by atoms with Crippen molar-refractivity contribution in [1.29, 1.82) is 0 Å². The normalized spacial score (nSPS) is 20.6. The first-order valence-electron chi connectivity index (χ1n) is 7.93. The number of nitrogens with zero attached hydrogens (tertiary/aromatic N) is 2. The van der Waals surface area contributed by atoms with Crippen LogP contribution in [0.3, 0.4) is 0 Å². The van der Waals surface area contributed by atoms with Gasteiger partial charge in [0.25, 0.3) is 5.91 Å². The number of carbonyl (C=O) groups excluding carboxylic acids is 2. The number of piperidine rings is 1. The molecular formula is C16H22N2O2S2. The number of thioether (sulfide) groups is 1. The summed E-state index contributed by atoms with van der Waals surface area (Å²) in [7, 11) is 0. The van der Waals surface area contributed by atoms with Crippen LogP contribution in [0.2, 0.25) is 0 Å². The maximum atomic E-state index is 12.7. The van der Waals surface area contributed by atoms with Crippen LogP contribution in [-0.4, -0.2) is 51.9 Å². The summed E-state index contributed by atoms with van der Waals surface area (Å²) in [5.74, 6) is 1.42. The summed E-state index contributed by atoms with van der Waals surface area (Å²) in [6.07, 6.45) is 3.32. The monoisotopic (exact) mass is 338 g/mol. The molecule has 22 heavy (non-hydrogen) atoms. The smallest absolute Gasteiger partial charge is 0.265 e. The predicted molar refractivity (Wildman–Crippen MR) is 91.3 cm³/mol. The molecule has 2 aliphatic rings. The fraction of sp³-hybridized carbons (Fsp3) is 0.625. The molecule has 120 valence electrons. The van der Waals surface area contributed by atoms with Crippen molar-refractivity contribution in [2.45, 2.75) is 37.5 Å². The number of hydrogen-bond acceptors (Lipinski definition) is 4. The van der Waals surface area contributed by atoms with E-state index in [-0.39, 0.29) is 16.7 Å². The van der Waals surface area contributed by atoms with Gasteiger partial charge in [0.2, 0.25) is 5.91 Å². The molecule has 0 atom stereocenters. The lowest BCUT2D eigenvalue weighted by molar-refractivity contribution is -0.132. The van der Waals surface area contributed by atoms with Crippen molar-refractivity contribution in [3.8, 4) is 0 Å². The van der Waals surface area contributed by atoms with E-state index < -0.39 is 0 Å². The maximum Gasteiger partial charge on any atom is 0.265 e. The Bertz CT molecular complexity index is 536. The van der Waals surface area contributed by atoms with Gasteiger partial charge in [-0.25, -0.2) is 0 Å². The van der Waals surface area contributed by atoms with Gasteiger partial charge in [0.1, 0.15) is 0 Å². The number of likely N-dealkylation sites (tertiary alicyclic amines) is 1. The van der Waals surface area contributed by atoms with Crippen LogP contribution >= 0.6 is 23.1 Å². The third-order valence-electron chi connectivity index (χ3n) is 4.52. The van der Waals surface area contributed by atoms with Gasteiger partial charge in [0, 0.05) is 31.8 Å². The van der Waals surface area contributed by atoms with Crippen LogP contribution < -0.4 is 0 Å². The van der Waals surface area contributed by atoms with Crippen LogP contribution in [0.5, 0.6) is 0 Å². The standard InChI is InChI=1S/C16H22N2O2S2/c1-2-4-14(19)17-8-6-16(7-9-17)18(10-12-22-16)15(20)13-5-3-11-21-13/h3,5,11H,2,4,6-10,12H2,1H3. The fourth-order valence-electron chi connectivity index (χ4n) is 3.32. The molecule has 0 saturated carbocycles. The number of carbonyl (C=O) groups is 2. The van der Waals surface area contributed by atoms with Crippen molar-refractivity contribution in [3.63, 3.8) is 0 Å². The highest BCUT2D eigenvalue weighted by Crippen LogP contribution is 2.44. The number of rotatable bonds is 3. The second-order valence-electron chi connectivity index (χ2n) is 5.86. The molecule has 0 aliphatic carbocycles. The van der Waals surface area contributed by atoms with Gasteiger partial charge in [-0.3, -0.25) is 9.59 Å².